The highest BCUT2D eigenvalue weighted by Crippen LogP contribution is 2.24. The van der Waals surface area contributed by atoms with Crippen LogP contribution >= 0.6 is 0 Å². The van der Waals surface area contributed by atoms with Crippen LogP contribution in [0.15, 0.2) is 22.7 Å². The summed E-state index contributed by atoms with van der Waals surface area (Å²) in [7, 11) is 3.54. The van der Waals surface area contributed by atoms with Crippen LogP contribution in [0.3, 0.4) is 0 Å². The van der Waals surface area contributed by atoms with Gasteiger partial charge in [0.2, 0.25) is 0 Å². The molecule has 2 N–H and O–H groups in total. The van der Waals surface area contributed by atoms with Crippen molar-refractivity contribution in [2.45, 2.75) is 0 Å². The summed E-state index contributed by atoms with van der Waals surface area (Å²) in [5.41, 5.74) is 6.22. The van der Waals surface area contributed by atoms with Gasteiger partial charge in [-0.05, 0) is 23.4 Å². The largest absolute Gasteiger partial charge is 0.399 e. The van der Waals surface area contributed by atoms with Gasteiger partial charge < -0.3 is 15.2 Å². The van der Waals surface area contributed by atoms with E-state index < -0.39 is 5.82 Å². The second kappa shape index (κ2) is 3.80. The van der Waals surface area contributed by atoms with Gasteiger partial charge in [0, 0.05) is 19.8 Å². The summed E-state index contributed by atoms with van der Waals surface area (Å²) in [6.45, 7) is 0. The average molecular weight is 222 g/mol. The van der Waals surface area contributed by atoms with Crippen molar-refractivity contribution in [1.82, 2.24) is 10.1 Å². The molecule has 2 rings (SSSR count). The number of anilines is 2. The fourth-order valence-corrected chi connectivity index (χ4v) is 1.21. The van der Waals surface area contributed by atoms with E-state index in [9.17, 15) is 4.39 Å². The summed E-state index contributed by atoms with van der Waals surface area (Å²) >= 11 is 0. The van der Waals surface area contributed by atoms with E-state index >= 15 is 0 Å². The first kappa shape index (κ1) is 10.4. The average Bonchev–Trinajstić information content (AvgIpc) is 2.70. The lowest BCUT2D eigenvalue weighted by molar-refractivity contribution is 0.428. The van der Waals surface area contributed by atoms with Crippen molar-refractivity contribution in [2.75, 3.05) is 24.7 Å². The zero-order chi connectivity index (χ0) is 11.7. The minimum Gasteiger partial charge on any atom is -0.399 e. The van der Waals surface area contributed by atoms with E-state index in [4.69, 9.17) is 10.3 Å². The number of aromatic nitrogens is 2. The molecule has 0 saturated heterocycles. The Kier molecular flexibility index (Phi) is 2.47. The lowest BCUT2D eigenvalue weighted by Crippen LogP contribution is -2.10. The van der Waals surface area contributed by atoms with Crippen LogP contribution in [0.1, 0.15) is 0 Å². The molecule has 0 spiro atoms. The van der Waals surface area contributed by atoms with Crippen molar-refractivity contribution in [2.24, 2.45) is 0 Å². The number of hydrogen-bond donors (Lipinski definition) is 1. The first-order valence-electron chi connectivity index (χ1n) is 4.64. The van der Waals surface area contributed by atoms with Gasteiger partial charge >= 0.3 is 0 Å². The Morgan fingerprint density at radius 1 is 1.38 bits per heavy atom. The molecule has 0 aliphatic carbocycles. The third-order valence-electron chi connectivity index (χ3n) is 2.04. The maximum absolute atomic E-state index is 13.5. The molecule has 84 valence electrons. The van der Waals surface area contributed by atoms with Gasteiger partial charge in [-0.3, -0.25) is 0 Å². The van der Waals surface area contributed by atoms with Crippen molar-refractivity contribution >= 4 is 11.6 Å². The predicted molar refractivity (Wildman–Crippen MR) is 58.4 cm³/mol. The van der Waals surface area contributed by atoms with Crippen LogP contribution in [0.25, 0.3) is 11.5 Å². The van der Waals surface area contributed by atoms with E-state index in [1.807, 2.05) is 0 Å². The van der Waals surface area contributed by atoms with Crippen LogP contribution in [0.4, 0.5) is 16.0 Å². The van der Waals surface area contributed by atoms with Crippen LogP contribution in [-0.4, -0.2) is 24.2 Å². The molecule has 0 amide bonds. The molecule has 0 unspecified atom stereocenters. The summed E-state index contributed by atoms with van der Waals surface area (Å²) in [5, 5.41) is 3.70. The van der Waals surface area contributed by atoms with Gasteiger partial charge in [0.25, 0.3) is 11.8 Å². The van der Waals surface area contributed by atoms with E-state index in [0.29, 0.717) is 11.6 Å². The van der Waals surface area contributed by atoms with Gasteiger partial charge in [0.1, 0.15) is 5.82 Å². The molecular formula is C10H11FN4O. The van der Waals surface area contributed by atoms with Crippen molar-refractivity contribution in [3.05, 3.63) is 24.0 Å². The smallest absolute Gasteiger partial charge is 0.265 e. The number of benzene rings is 1. The Balaban J connectivity index is 2.46. The van der Waals surface area contributed by atoms with Crippen molar-refractivity contribution < 1.29 is 8.91 Å². The van der Waals surface area contributed by atoms with E-state index in [2.05, 4.69) is 10.1 Å². The summed E-state index contributed by atoms with van der Waals surface area (Å²) in [5.74, 6) is 0.0634. The number of nitrogen functional groups attached to an aromatic ring is 1. The highest BCUT2D eigenvalue weighted by Gasteiger charge is 2.14. The minimum absolute atomic E-state index is 0.119. The zero-order valence-corrected chi connectivity index (χ0v) is 8.94. The van der Waals surface area contributed by atoms with Crippen molar-refractivity contribution in [1.29, 1.82) is 0 Å². The molecule has 1 heterocycles. The third kappa shape index (κ3) is 1.81. The molecule has 0 atom stereocenters. The lowest BCUT2D eigenvalue weighted by atomic mass is 10.2. The standard InChI is InChI=1S/C10H11FN4O/c1-15(2)10-13-9(16-14-10)7-5-6(12)3-4-8(7)11/h3-5H,12H2,1-2H3. The van der Waals surface area contributed by atoms with Gasteiger partial charge in [-0.1, -0.05) is 0 Å². The third-order valence-corrected chi connectivity index (χ3v) is 2.04. The zero-order valence-electron chi connectivity index (χ0n) is 8.94. The number of hydrogen-bond acceptors (Lipinski definition) is 5. The summed E-state index contributed by atoms with van der Waals surface area (Å²) < 4.78 is 18.4. The van der Waals surface area contributed by atoms with Gasteiger partial charge in [-0.2, -0.15) is 4.98 Å². The molecule has 0 saturated carbocycles. The summed E-state index contributed by atoms with van der Waals surface area (Å²) in [6, 6.07) is 4.20. The molecule has 1 aromatic carbocycles. The molecule has 16 heavy (non-hydrogen) atoms. The Morgan fingerprint density at radius 3 is 2.75 bits per heavy atom. The monoisotopic (exact) mass is 222 g/mol. The Hall–Kier alpha value is -2.11. The van der Waals surface area contributed by atoms with Crippen molar-refractivity contribution in [3.63, 3.8) is 0 Å². The molecule has 0 bridgehead atoms. The predicted octanol–water partition coefficient (Wildman–Crippen LogP) is 1.52. The first-order valence-corrected chi connectivity index (χ1v) is 4.64. The van der Waals surface area contributed by atoms with Gasteiger partial charge in [-0.15, -0.1) is 0 Å². The number of nitrogens with zero attached hydrogens (tertiary/aromatic N) is 3. The Morgan fingerprint density at radius 2 is 2.12 bits per heavy atom. The van der Waals surface area contributed by atoms with Crippen molar-refractivity contribution in [3.8, 4) is 11.5 Å². The molecule has 5 nitrogen and oxygen atoms in total. The Bertz CT molecular complexity index is 509. The topological polar surface area (TPSA) is 68.2 Å². The minimum atomic E-state index is -0.442. The molecule has 0 fully saturated rings. The number of rotatable bonds is 2. The lowest BCUT2D eigenvalue weighted by Gasteiger charge is -2.02. The molecule has 0 aliphatic rings. The highest BCUT2D eigenvalue weighted by molar-refractivity contribution is 5.61. The number of halogens is 1. The van der Waals surface area contributed by atoms with Gasteiger partial charge in [0.05, 0.1) is 5.56 Å². The van der Waals surface area contributed by atoms with E-state index in [0.717, 1.165) is 0 Å². The number of nitrogens with two attached hydrogens (primary N) is 1. The van der Waals surface area contributed by atoms with Crippen LogP contribution < -0.4 is 10.6 Å². The molecule has 0 radical (unpaired) electrons. The van der Waals surface area contributed by atoms with Gasteiger partial charge in [-0.25, -0.2) is 4.39 Å². The van der Waals surface area contributed by atoms with Crippen LogP contribution in [-0.2, 0) is 0 Å². The molecule has 1 aromatic heterocycles. The fourth-order valence-electron chi connectivity index (χ4n) is 1.21. The molecule has 2 aromatic rings. The Labute approximate surface area is 91.7 Å². The summed E-state index contributed by atoms with van der Waals surface area (Å²) in [6.07, 6.45) is 0. The van der Waals surface area contributed by atoms with E-state index in [1.54, 1.807) is 19.0 Å². The second-order valence-electron chi connectivity index (χ2n) is 3.53. The quantitative estimate of drug-likeness (QED) is 0.780. The van der Waals surface area contributed by atoms with Crippen LogP contribution in [0.5, 0.6) is 0 Å². The van der Waals surface area contributed by atoms with E-state index in [-0.39, 0.29) is 11.5 Å². The maximum Gasteiger partial charge on any atom is 0.265 e. The fraction of sp³-hybridized carbons (Fsp3) is 0.200. The molecular weight excluding hydrogens is 211 g/mol. The first-order chi connectivity index (χ1) is 7.58. The molecule has 6 heteroatoms. The second-order valence-corrected chi connectivity index (χ2v) is 3.53. The molecule has 0 aliphatic heterocycles. The van der Waals surface area contributed by atoms with Gasteiger partial charge in [0.15, 0.2) is 0 Å². The van der Waals surface area contributed by atoms with Crippen LogP contribution in [0, 0.1) is 5.82 Å². The van der Waals surface area contributed by atoms with Crippen LogP contribution in [0.2, 0.25) is 0 Å². The normalized spacial score (nSPS) is 10.4. The summed E-state index contributed by atoms with van der Waals surface area (Å²) in [4.78, 5) is 5.70. The highest BCUT2D eigenvalue weighted by atomic mass is 19.1. The maximum atomic E-state index is 13.5. The SMILES string of the molecule is CN(C)c1noc(-c2cc(N)ccc2F)n1. The van der Waals surface area contributed by atoms with E-state index in [1.165, 1.54) is 18.2 Å².